The number of rotatable bonds is 36. The number of unbranched alkanes of at least 4 members (excludes halogenated alkanes) is 23. The molecular formula is C41H76O6. The first-order valence-corrected chi connectivity index (χ1v) is 20.2. The van der Waals surface area contributed by atoms with E-state index in [1.165, 1.54) is 109 Å². The third-order valence-corrected chi connectivity index (χ3v) is 8.77. The summed E-state index contributed by atoms with van der Waals surface area (Å²) in [6.45, 7) is 6.51. The van der Waals surface area contributed by atoms with Gasteiger partial charge >= 0.3 is 17.9 Å². The van der Waals surface area contributed by atoms with Gasteiger partial charge in [0.2, 0.25) is 0 Å². The molecular weight excluding hydrogens is 588 g/mol. The summed E-state index contributed by atoms with van der Waals surface area (Å²) in [7, 11) is 0. The summed E-state index contributed by atoms with van der Waals surface area (Å²) >= 11 is 0. The van der Waals surface area contributed by atoms with Crippen LogP contribution in [-0.4, -0.2) is 37.2 Å². The number of carbonyl (C=O) groups excluding carboxylic acids is 3. The van der Waals surface area contributed by atoms with Gasteiger partial charge in [-0.25, -0.2) is 0 Å². The lowest BCUT2D eigenvalue weighted by Crippen LogP contribution is -2.30. The number of ether oxygens (including phenoxy) is 3. The van der Waals surface area contributed by atoms with Crippen molar-refractivity contribution in [2.24, 2.45) is 0 Å². The SMILES string of the molecule is CCCCCCCCC/C=C\CCCCCCCC(=O)OCC(COC(=O)CCCCCCCC)OC(=O)CCCCCCCCC. The van der Waals surface area contributed by atoms with E-state index in [9.17, 15) is 14.4 Å². The molecule has 0 aliphatic rings. The van der Waals surface area contributed by atoms with Gasteiger partial charge in [0.25, 0.3) is 0 Å². The van der Waals surface area contributed by atoms with E-state index in [2.05, 4.69) is 32.9 Å². The Hall–Kier alpha value is -1.85. The number of hydrogen-bond donors (Lipinski definition) is 0. The van der Waals surface area contributed by atoms with Gasteiger partial charge in [0, 0.05) is 19.3 Å². The Morgan fingerprint density at radius 2 is 0.702 bits per heavy atom. The van der Waals surface area contributed by atoms with Crippen LogP contribution in [0.2, 0.25) is 0 Å². The van der Waals surface area contributed by atoms with Crippen molar-refractivity contribution in [1.29, 1.82) is 0 Å². The van der Waals surface area contributed by atoms with E-state index in [1.807, 2.05) is 0 Å². The zero-order valence-corrected chi connectivity index (χ0v) is 31.3. The van der Waals surface area contributed by atoms with Crippen LogP contribution in [0.5, 0.6) is 0 Å². The van der Waals surface area contributed by atoms with Crippen molar-refractivity contribution in [3.63, 3.8) is 0 Å². The number of carbonyl (C=O) groups is 3. The minimum absolute atomic E-state index is 0.0712. The van der Waals surface area contributed by atoms with Crippen LogP contribution in [0.4, 0.5) is 0 Å². The maximum absolute atomic E-state index is 12.5. The summed E-state index contributed by atoms with van der Waals surface area (Å²) in [4.78, 5) is 37.2. The predicted octanol–water partition coefficient (Wildman–Crippen LogP) is 12.3. The molecule has 0 spiro atoms. The summed E-state index contributed by atoms with van der Waals surface area (Å²) in [5.74, 6) is -0.896. The van der Waals surface area contributed by atoms with Crippen molar-refractivity contribution < 1.29 is 28.6 Å². The summed E-state index contributed by atoms with van der Waals surface area (Å²) in [6.07, 6.45) is 36.5. The number of esters is 3. The van der Waals surface area contributed by atoms with E-state index >= 15 is 0 Å². The smallest absolute Gasteiger partial charge is 0.306 e. The second kappa shape index (κ2) is 37.0. The normalized spacial score (nSPS) is 12.0. The standard InChI is InChI=1S/C41H76O6/c1-4-7-10-13-16-17-18-19-20-21-22-23-24-26-28-31-34-40(43)46-37-38(36-45-39(42)33-30-27-15-12-9-6-3)47-41(44)35-32-29-25-14-11-8-5-2/h20-21,38H,4-19,22-37H2,1-3H3/b21-20-. The van der Waals surface area contributed by atoms with Crippen molar-refractivity contribution in [2.75, 3.05) is 13.2 Å². The maximum Gasteiger partial charge on any atom is 0.306 e. The van der Waals surface area contributed by atoms with Gasteiger partial charge in [-0.3, -0.25) is 14.4 Å². The lowest BCUT2D eigenvalue weighted by molar-refractivity contribution is -0.167. The monoisotopic (exact) mass is 665 g/mol. The van der Waals surface area contributed by atoms with Gasteiger partial charge in [-0.1, -0.05) is 161 Å². The first kappa shape index (κ1) is 45.2. The molecule has 0 amide bonds. The molecule has 0 N–H and O–H groups in total. The van der Waals surface area contributed by atoms with Crippen molar-refractivity contribution in [3.8, 4) is 0 Å². The Morgan fingerprint density at radius 3 is 1.06 bits per heavy atom. The van der Waals surface area contributed by atoms with Crippen molar-refractivity contribution in [3.05, 3.63) is 12.2 Å². The molecule has 0 bridgehead atoms. The lowest BCUT2D eigenvalue weighted by atomic mass is 10.1. The van der Waals surface area contributed by atoms with Gasteiger partial charge in [0.1, 0.15) is 13.2 Å². The summed E-state index contributed by atoms with van der Waals surface area (Å²) in [5.41, 5.74) is 0. The average molecular weight is 665 g/mol. The molecule has 47 heavy (non-hydrogen) atoms. The summed E-state index contributed by atoms with van der Waals surface area (Å²) < 4.78 is 16.5. The third-order valence-electron chi connectivity index (χ3n) is 8.77. The minimum Gasteiger partial charge on any atom is -0.462 e. The maximum atomic E-state index is 12.5. The Morgan fingerprint density at radius 1 is 0.404 bits per heavy atom. The fourth-order valence-corrected chi connectivity index (χ4v) is 5.67. The van der Waals surface area contributed by atoms with E-state index < -0.39 is 6.10 Å². The Labute approximate surface area is 290 Å². The van der Waals surface area contributed by atoms with Crippen LogP contribution in [-0.2, 0) is 28.6 Å². The molecule has 0 fully saturated rings. The van der Waals surface area contributed by atoms with Gasteiger partial charge in [0.05, 0.1) is 0 Å². The van der Waals surface area contributed by atoms with Crippen LogP contribution < -0.4 is 0 Å². The van der Waals surface area contributed by atoms with Crippen LogP contribution >= 0.6 is 0 Å². The summed E-state index contributed by atoms with van der Waals surface area (Å²) in [5, 5.41) is 0. The van der Waals surface area contributed by atoms with E-state index in [0.29, 0.717) is 19.3 Å². The highest BCUT2D eigenvalue weighted by Crippen LogP contribution is 2.13. The number of hydrogen-bond acceptors (Lipinski definition) is 6. The molecule has 0 heterocycles. The van der Waals surface area contributed by atoms with E-state index in [1.54, 1.807) is 0 Å². The molecule has 0 aliphatic heterocycles. The Balaban J connectivity index is 4.20. The first-order valence-electron chi connectivity index (χ1n) is 20.2. The molecule has 6 nitrogen and oxygen atoms in total. The van der Waals surface area contributed by atoms with Crippen LogP contribution in [0, 0.1) is 0 Å². The highest BCUT2D eigenvalue weighted by Gasteiger charge is 2.19. The predicted molar refractivity (Wildman–Crippen MR) is 196 cm³/mol. The molecule has 1 unspecified atom stereocenters. The fourth-order valence-electron chi connectivity index (χ4n) is 5.67. The van der Waals surface area contributed by atoms with E-state index in [-0.39, 0.29) is 31.1 Å². The van der Waals surface area contributed by atoms with Crippen molar-refractivity contribution in [1.82, 2.24) is 0 Å². The van der Waals surface area contributed by atoms with Gasteiger partial charge in [-0.05, 0) is 44.9 Å². The molecule has 0 radical (unpaired) electrons. The first-order chi connectivity index (χ1) is 23.0. The zero-order chi connectivity index (χ0) is 34.5. The molecule has 276 valence electrons. The number of allylic oxidation sites excluding steroid dienone is 2. The van der Waals surface area contributed by atoms with Crippen LogP contribution in [0.1, 0.15) is 213 Å². The highest BCUT2D eigenvalue weighted by atomic mass is 16.6. The second-order valence-corrected chi connectivity index (χ2v) is 13.6. The quantitative estimate of drug-likeness (QED) is 0.0287. The second-order valence-electron chi connectivity index (χ2n) is 13.6. The van der Waals surface area contributed by atoms with Crippen LogP contribution in [0.15, 0.2) is 12.2 Å². The van der Waals surface area contributed by atoms with Gasteiger partial charge in [-0.2, -0.15) is 0 Å². The third kappa shape index (κ3) is 35.3. The summed E-state index contributed by atoms with van der Waals surface area (Å²) in [6, 6.07) is 0. The fraction of sp³-hybridized carbons (Fsp3) is 0.878. The molecule has 0 aromatic heterocycles. The highest BCUT2D eigenvalue weighted by molar-refractivity contribution is 5.71. The van der Waals surface area contributed by atoms with E-state index in [4.69, 9.17) is 14.2 Å². The zero-order valence-electron chi connectivity index (χ0n) is 31.3. The Kier molecular flexibility index (Phi) is 35.5. The van der Waals surface area contributed by atoms with Crippen LogP contribution in [0.3, 0.4) is 0 Å². The molecule has 0 rings (SSSR count). The van der Waals surface area contributed by atoms with Gasteiger partial charge in [-0.15, -0.1) is 0 Å². The van der Waals surface area contributed by atoms with Crippen molar-refractivity contribution in [2.45, 2.75) is 219 Å². The topological polar surface area (TPSA) is 78.9 Å². The van der Waals surface area contributed by atoms with E-state index in [0.717, 1.165) is 64.2 Å². The van der Waals surface area contributed by atoms with Crippen molar-refractivity contribution >= 4 is 17.9 Å². The molecule has 0 saturated heterocycles. The lowest BCUT2D eigenvalue weighted by Gasteiger charge is -2.18. The minimum atomic E-state index is -0.761. The Bertz CT molecular complexity index is 733. The molecule has 0 aliphatic carbocycles. The molecule has 6 heteroatoms. The van der Waals surface area contributed by atoms with Crippen LogP contribution in [0.25, 0.3) is 0 Å². The largest absolute Gasteiger partial charge is 0.462 e. The average Bonchev–Trinajstić information content (AvgIpc) is 3.06. The molecule has 0 saturated carbocycles. The molecule has 0 aromatic carbocycles. The van der Waals surface area contributed by atoms with Gasteiger partial charge in [0.15, 0.2) is 6.10 Å². The molecule has 0 aromatic rings. The molecule has 1 atom stereocenters. The van der Waals surface area contributed by atoms with Gasteiger partial charge < -0.3 is 14.2 Å².